The zero-order chi connectivity index (χ0) is 20.9. The second-order valence-electron chi connectivity index (χ2n) is 6.95. The number of benzene rings is 1. The minimum Gasteiger partial charge on any atom is -0.465 e. The van der Waals surface area contributed by atoms with Gasteiger partial charge in [0.25, 0.3) is 0 Å². The summed E-state index contributed by atoms with van der Waals surface area (Å²) in [5.41, 5.74) is 1.72. The average molecular weight is 413 g/mol. The van der Waals surface area contributed by atoms with E-state index in [4.69, 9.17) is 14.2 Å². The van der Waals surface area contributed by atoms with Crippen molar-refractivity contribution in [2.24, 2.45) is 0 Å². The Balaban J connectivity index is 2.13. The third-order valence-corrected chi connectivity index (χ3v) is 6.83. The van der Waals surface area contributed by atoms with Crippen LogP contribution in [0.2, 0.25) is 0 Å². The molecule has 1 aliphatic rings. The molecule has 0 aromatic heterocycles. The molecular formula is C19H27NO7S. The van der Waals surface area contributed by atoms with Crippen molar-refractivity contribution in [2.75, 3.05) is 38.0 Å². The molecule has 0 radical (unpaired) electrons. The summed E-state index contributed by atoms with van der Waals surface area (Å²) in [5.74, 6) is -0.838. The first-order valence-electron chi connectivity index (χ1n) is 9.05. The Morgan fingerprint density at radius 2 is 1.96 bits per heavy atom. The van der Waals surface area contributed by atoms with Crippen molar-refractivity contribution in [3.8, 4) is 0 Å². The fourth-order valence-electron chi connectivity index (χ4n) is 3.01. The van der Waals surface area contributed by atoms with Crippen LogP contribution in [0.3, 0.4) is 0 Å². The Hall–Kier alpha value is -2.13. The fraction of sp³-hybridized carbons (Fsp3) is 0.579. The highest BCUT2D eigenvalue weighted by Gasteiger charge is 2.49. The van der Waals surface area contributed by atoms with Crippen LogP contribution < -0.4 is 4.90 Å². The van der Waals surface area contributed by atoms with Gasteiger partial charge in [0.1, 0.15) is 6.10 Å². The van der Waals surface area contributed by atoms with Crippen molar-refractivity contribution in [3.63, 3.8) is 0 Å². The molecule has 8 nitrogen and oxygen atoms in total. The van der Waals surface area contributed by atoms with Gasteiger partial charge in [0.05, 0.1) is 19.8 Å². The number of nitrogens with zero attached hydrogens (tertiary/aromatic N) is 1. The van der Waals surface area contributed by atoms with E-state index in [1.165, 1.54) is 11.8 Å². The van der Waals surface area contributed by atoms with Crippen molar-refractivity contribution >= 4 is 27.6 Å². The van der Waals surface area contributed by atoms with Crippen LogP contribution in [0.1, 0.15) is 25.8 Å². The number of rotatable bonds is 9. The molecule has 0 bridgehead atoms. The molecule has 28 heavy (non-hydrogen) atoms. The smallest absolute Gasteiger partial charge is 0.414 e. The fourth-order valence-corrected chi connectivity index (χ4v) is 3.86. The lowest BCUT2D eigenvalue weighted by Crippen LogP contribution is -2.47. The van der Waals surface area contributed by atoms with E-state index in [9.17, 15) is 18.0 Å². The van der Waals surface area contributed by atoms with Gasteiger partial charge < -0.3 is 14.2 Å². The lowest BCUT2D eigenvalue weighted by molar-refractivity contribution is -0.146. The summed E-state index contributed by atoms with van der Waals surface area (Å²) in [6, 6.07) is 7.40. The summed E-state index contributed by atoms with van der Waals surface area (Å²) in [4.78, 5) is 26.0. The van der Waals surface area contributed by atoms with Crippen LogP contribution in [0.25, 0.3) is 0 Å². The number of carbonyl (C=O) groups is 2. The number of ether oxygens (including phenoxy) is 3. The summed E-state index contributed by atoms with van der Waals surface area (Å²) < 4.78 is 38.0. The topological polar surface area (TPSA) is 99.2 Å². The minimum absolute atomic E-state index is 0.0654. The molecule has 0 spiro atoms. The Labute approximate surface area is 165 Å². The molecule has 9 heteroatoms. The third-order valence-electron chi connectivity index (χ3n) is 4.86. The van der Waals surface area contributed by atoms with Gasteiger partial charge in [-0.3, -0.25) is 9.69 Å². The predicted octanol–water partition coefficient (Wildman–Crippen LogP) is 1.96. The molecule has 0 N–H and O–H groups in total. The summed E-state index contributed by atoms with van der Waals surface area (Å²) >= 11 is 0. The maximum Gasteiger partial charge on any atom is 0.414 e. The molecule has 1 aliphatic heterocycles. The first kappa shape index (κ1) is 22.2. The Morgan fingerprint density at radius 3 is 2.50 bits per heavy atom. The van der Waals surface area contributed by atoms with E-state index >= 15 is 0 Å². The van der Waals surface area contributed by atoms with Gasteiger partial charge in [0.15, 0.2) is 14.6 Å². The second-order valence-corrected chi connectivity index (χ2v) is 9.40. The molecule has 1 aromatic carbocycles. The van der Waals surface area contributed by atoms with Crippen molar-refractivity contribution in [3.05, 3.63) is 29.8 Å². The molecule has 1 heterocycles. The van der Waals surface area contributed by atoms with Crippen LogP contribution in [0.5, 0.6) is 0 Å². The van der Waals surface area contributed by atoms with Crippen LogP contribution >= 0.6 is 0 Å². The summed E-state index contributed by atoms with van der Waals surface area (Å²) in [6.45, 7) is 3.73. The van der Waals surface area contributed by atoms with Crippen LogP contribution in [0.15, 0.2) is 24.3 Å². The van der Waals surface area contributed by atoms with E-state index < -0.39 is 32.8 Å². The van der Waals surface area contributed by atoms with Gasteiger partial charge in [-0.25, -0.2) is 13.2 Å². The number of cyclic esters (lactones) is 1. The number of hydrogen-bond donors (Lipinski definition) is 0. The Kier molecular flexibility index (Phi) is 7.06. The largest absolute Gasteiger partial charge is 0.465 e. The molecule has 156 valence electrons. The average Bonchev–Trinajstić information content (AvgIpc) is 2.99. The molecular weight excluding hydrogens is 386 g/mol. The van der Waals surface area contributed by atoms with E-state index in [-0.39, 0.29) is 19.6 Å². The maximum atomic E-state index is 12.3. The molecule has 1 aromatic rings. The number of carbonyl (C=O) groups excluding carboxylic acids is 2. The van der Waals surface area contributed by atoms with E-state index in [1.54, 1.807) is 26.2 Å². The summed E-state index contributed by atoms with van der Waals surface area (Å²) in [6.07, 6.45) is 0.255. The van der Waals surface area contributed by atoms with Crippen LogP contribution in [0.4, 0.5) is 10.5 Å². The first-order chi connectivity index (χ1) is 13.1. The molecule has 2 atom stereocenters. The van der Waals surface area contributed by atoms with E-state index in [0.29, 0.717) is 12.3 Å². The van der Waals surface area contributed by atoms with Crippen LogP contribution in [-0.2, 0) is 35.3 Å². The lowest BCUT2D eigenvalue weighted by atomic mass is 10.0. The van der Waals surface area contributed by atoms with E-state index in [0.717, 1.165) is 18.2 Å². The van der Waals surface area contributed by atoms with Gasteiger partial charge in [-0.2, -0.15) is 0 Å². The van der Waals surface area contributed by atoms with Crippen molar-refractivity contribution in [1.29, 1.82) is 0 Å². The molecule has 1 saturated heterocycles. The molecule has 0 saturated carbocycles. The SMILES string of the molecule is CCOC(=O)C(C)(C[C@H]1CN(c2ccc(CCOC)cc2)C(=O)O1)S(C)(=O)=O. The predicted molar refractivity (Wildman–Crippen MR) is 104 cm³/mol. The number of sulfone groups is 1. The summed E-state index contributed by atoms with van der Waals surface area (Å²) in [5, 5.41) is 0. The zero-order valence-corrected chi connectivity index (χ0v) is 17.5. The molecule has 1 unspecified atom stereocenters. The molecule has 1 amide bonds. The first-order valence-corrected chi connectivity index (χ1v) is 10.9. The zero-order valence-electron chi connectivity index (χ0n) is 16.6. The van der Waals surface area contributed by atoms with Crippen molar-refractivity contribution in [1.82, 2.24) is 0 Å². The maximum absolute atomic E-state index is 12.3. The Bertz CT molecular complexity index is 806. The van der Waals surface area contributed by atoms with Gasteiger partial charge in [-0.15, -0.1) is 0 Å². The molecule has 2 rings (SSSR count). The summed E-state index contributed by atoms with van der Waals surface area (Å²) in [7, 11) is -2.15. The highest BCUT2D eigenvalue weighted by Crippen LogP contribution is 2.30. The number of esters is 1. The van der Waals surface area contributed by atoms with Crippen molar-refractivity contribution in [2.45, 2.75) is 37.5 Å². The highest BCUT2D eigenvalue weighted by atomic mass is 32.2. The minimum atomic E-state index is -3.78. The Morgan fingerprint density at radius 1 is 1.32 bits per heavy atom. The third kappa shape index (κ3) is 4.82. The number of methoxy groups -OCH3 is 1. The van der Waals surface area contributed by atoms with Gasteiger partial charge in [0.2, 0.25) is 0 Å². The van der Waals surface area contributed by atoms with Gasteiger partial charge in [-0.1, -0.05) is 12.1 Å². The number of amides is 1. The number of anilines is 1. The molecule has 1 fully saturated rings. The van der Waals surface area contributed by atoms with Crippen molar-refractivity contribution < 1.29 is 32.2 Å². The van der Waals surface area contributed by atoms with E-state index in [1.807, 2.05) is 12.1 Å². The normalized spacial score (nSPS) is 19.2. The lowest BCUT2D eigenvalue weighted by Gasteiger charge is -2.27. The highest BCUT2D eigenvalue weighted by molar-refractivity contribution is 7.92. The monoisotopic (exact) mass is 413 g/mol. The molecule has 0 aliphatic carbocycles. The van der Waals surface area contributed by atoms with Crippen LogP contribution in [0, 0.1) is 0 Å². The van der Waals surface area contributed by atoms with Gasteiger partial charge in [0, 0.05) is 25.5 Å². The van der Waals surface area contributed by atoms with Gasteiger partial charge >= 0.3 is 12.1 Å². The quantitative estimate of drug-likeness (QED) is 0.571. The van der Waals surface area contributed by atoms with E-state index in [2.05, 4.69) is 0 Å². The second kappa shape index (κ2) is 8.91. The number of hydrogen-bond acceptors (Lipinski definition) is 7. The van der Waals surface area contributed by atoms with Crippen LogP contribution in [-0.4, -0.2) is 64.5 Å². The van der Waals surface area contributed by atoms with Gasteiger partial charge in [-0.05, 0) is 38.0 Å². The standard InChI is InChI=1S/C19H27NO7S/c1-5-26-17(21)19(2,28(4,23)24)12-16-13-20(18(22)27-16)15-8-6-14(7-9-15)10-11-25-3/h6-9,16H,5,10-13H2,1-4H3/t16-,19?/m0/s1.